The number of rotatable bonds is 8. The first-order chi connectivity index (χ1) is 9.21. The number of nitrogens with one attached hydrogen (secondary N) is 2. The molecule has 1 aromatic heterocycles. The maximum atomic E-state index is 12.0. The SMILES string of the molecule is CCCC(COC)NC(=O)c1ccc(NCC)nc1. The molecular weight excluding hydrogens is 242 g/mol. The molecule has 1 unspecified atom stereocenters. The molecule has 0 fully saturated rings. The quantitative estimate of drug-likeness (QED) is 0.755. The van der Waals surface area contributed by atoms with Crippen molar-refractivity contribution < 1.29 is 9.53 Å². The average Bonchev–Trinajstić information content (AvgIpc) is 2.40. The van der Waals surface area contributed by atoms with Gasteiger partial charge in [0, 0.05) is 19.9 Å². The summed E-state index contributed by atoms with van der Waals surface area (Å²) in [6.07, 6.45) is 3.50. The summed E-state index contributed by atoms with van der Waals surface area (Å²) in [5.74, 6) is 0.673. The van der Waals surface area contributed by atoms with Crippen LogP contribution in [0.25, 0.3) is 0 Å². The zero-order valence-electron chi connectivity index (χ0n) is 11.9. The molecule has 1 aromatic rings. The van der Waals surface area contributed by atoms with Crippen molar-refractivity contribution in [2.75, 3.05) is 25.6 Å². The molecule has 1 heterocycles. The van der Waals surface area contributed by atoms with Crippen molar-refractivity contribution in [3.8, 4) is 0 Å². The van der Waals surface area contributed by atoms with Gasteiger partial charge >= 0.3 is 0 Å². The van der Waals surface area contributed by atoms with Crippen LogP contribution in [0, 0.1) is 0 Å². The summed E-state index contributed by atoms with van der Waals surface area (Å²) in [5.41, 5.74) is 0.568. The van der Waals surface area contributed by atoms with E-state index in [9.17, 15) is 4.79 Å². The van der Waals surface area contributed by atoms with E-state index in [1.807, 2.05) is 13.0 Å². The number of amides is 1. The summed E-state index contributed by atoms with van der Waals surface area (Å²) in [7, 11) is 1.64. The van der Waals surface area contributed by atoms with Crippen LogP contribution >= 0.6 is 0 Å². The van der Waals surface area contributed by atoms with E-state index in [1.54, 1.807) is 19.4 Å². The van der Waals surface area contributed by atoms with E-state index in [2.05, 4.69) is 22.5 Å². The van der Waals surface area contributed by atoms with Crippen LogP contribution in [0.2, 0.25) is 0 Å². The number of aromatic nitrogens is 1. The molecule has 0 aliphatic rings. The highest BCUT2D eigenvalue weighted by atomic mass is 16.5. The van der Waals surface area contributed by atoms with E-state index in [-0.39, 0.29) is 11.9 Å². The van der Waals surface area contributed by atoms with Crippen LogP contribution in [0.3, 0.4) is 0 Å². The molecule has 1 amide bonds. The number of ether oxygens (including phenoxy) is 1. The largest absolute Gasteiger partial charge is 0.383 e. The number of pyridine rings is 1. The fourth-order valence-electron chi connectivity index (χ4n) is 1.83. The van der Waals surface area contributed by atoms with E-state index >= 15 is 0 Å². The molecule has 0 radical (unpaired) electrons. The molecule has 5 nitrogen and oxygen atoms in total. The Morgan fingerprint density at radius 2 is 2.21 bits per heavy atom. The predicted molar refractivity (Wildman–Crippen MR) is 76.4 cm³/mol. The second-order valence-corrected chi connectivity index (χ2v) is 4.38. The van der Waals surface area contributed by atoms with Gasteiger partial charge in [-0.15, -0.1) is 0 Å². The Labute approximate surface area is 114 Å². The standard InChI is InChI=1S/C14H23N3O2/c1-4-6-12(10-19-3)17-14(18)11-7-8-13(15-5-2)16-9-11/h7-9,12H,4-6,10H2,1-3H3,(H,15,16)(H,17,18). The minimum atomic E-state index is -0.106. The highest BCUT2D eigenvalue weighted by molar-refractivity contribution is 5.94. The summed E-state index contributed by atoms with van der Waals surface area (Å²) in [5, 5.41) is 6.05. The van der Waals surface area contributed by atoms with Gasteiger partial charge < -0.3 is 15.4 Å². The van der Waals surface area contributed by atoms with Crippen LogP contribution in [-0.4, -0.2) is 37.2 Å². The van der Waals surface area contributed by atoms with Crippen molar-refractivity contribution in [1.82, 2.24) is 10.3 Å². The zero-order valence-corrected chi connectivity index (χ0v) is 11.9. The maximum absolute atomic E-state index is 12.0. The maximum Gasteiger partial charge on any atom is 0.253 e. The number of carbonyl (C=O) groups excluding carboxylic acids is 1. The van der Waals surface area contributed by atoms with Crippen LogP contribution in [0.15, 0.2) is 18.3 Å². The molecule has 0 aromatic carbocycles. The number of anilines is 1. The number of hydrogen-bond donors (Lipinski definition) is 2. The van der Waals surface area contributed by atoms with Crippen molar-refractivity contribution in [2.24, 2.45) is 0 Å². The Morgan fingerprint density at radius 3 is 2.74 bits per heavy atom. The third-order valence-corrected chi connectivity index (χ3v) is 2.72. The van der Waals surface area contributed by atoms with Crippen molar-refractivity contribution in [1.29, 1.82) is 0 Å². The van der Waals surface area contributed by atoms with Gasteiger partial charge in [0.25, 0.3) is 5.91 Å². The van der Waals surface area contributed by atoms with Crippen LogP contribution in [-0.2, 0) is 4.74 Å². The molecule has 106 valence electrons. The number of methoxy groups -OCH3 is 1. The van der Waals surface area contributed by atoms with Gasteiger partial charge in [-0.2, -0.15) is 0 Å². The van der Waals surface area contributed by atoms with Gasteiger partial charge in [0.15, 0.2) is 0 Å². The van der Waals surface area contributed by atoms with E-state index in [0.29, 0.717) is 12.2 Å². The highest BCUT2D eigenvalue weighted by Gasteiger charge is 2.13. The molecule has 0 saturated heterocycles. The number of hydrogen-bond acceptors (Lipinski definition) is 4. The molecule has 19 heavy (non-hydrogen) atoms. The molecule has 0 aliphatic carbocycles. The van der Waals surface area contributed by atoms with Crippen LogP contribution in [0.1, 0.15) is 37.0 Å². The fraction of sp³-hybridized carbons (Fsp3) is 0.571. The third kappa shape index (κ3) is 5.26. The van der Waals surface area contributed by atoms with Gasteiger partial charge in [0.1, 0.15) is 5.82 Å². The second kappa shape index (κ2) is 8.48. The molecule has 2 N–H and O–H groups in total. The van der Waals surface area contributed by atoms with Crippen molar-refractivity contribution in [3.05, 3.63) is 23.9 Å². The summed E-state index contributed by atoms with van der Waals surface area (Å²) >= 11 is 0. The lowest BCUT2D eigenvalue weighted by molar-refractivity contribution is 0.0891. The Bertz CT molecular complexity index is 373. The highest BCUT2D eigenvalue weighted by Crippen LogP contribution is 2.06. The lowest BCUT2D eigenvalue weighted by Crippen LogP contribution is -2.37. The van der Waals surface area contributed by atoms with Crippen molar-refractivity contribution >= 4 is 11.7 Å². The van der Waals surface area contributed by atoms with E-state index in [4.69, 9.17) is 4.74 Å². The third-order valence-electron chi connectivity index (χ3n) is 2.72. The van der Waals surface area contributed by atoms with E-state index in [0.717, 1.165) is 25.2 Å². The van der Waals surface area contributed by atoms with Crippen LogP contribution in [0.4, 0.5) is 5.82 Å². The summed E-state index contributed by atoms with van der Waals surface area (Å²) < 4.78 is 5.10. The number of carbonyl (C=O) groups is 1. The molecule has 1 atom stereocenters. The molecule has 1 rings (SSSR count). The molecular formula is C14H23N3O2. The van der Waals surface area contributed by atoms with Gasteiger partial charge in [0.2, 0.25) is 0 Å². The summed E-state index contributed by atoms with van der Waals surface area (Å²) in [6.45, 7) is 5.43. The lowest BCUT2D eigenvalue weighted by atomic mass is 10.1. The molecule has 0 bridgehead atoms. The fourth-order valence-corrected chi connectivity index (χ4v) is 1.83. The minimum Gasteiger partial charge on any atom is -0.383 e. The van der Waals surface area contributed by atoms with E-state index < -0.39 is 0 Å². The normalized spacial score (nSPS) is 11.9. The second-order valence-electron chi connectivity index (χ2n) is 4.38. The Hall–Kier alpha value is -1.62. The van der Waals surface area contributed by atoms with Gasteiger partial charge in [0.05, 0.1) is 18.2 Å². The van der Waals surface area contributed by atoms with Crippen molar-refractivity contribution in [2.45, 2.75) is 32.7 Å². The Morgan fingerprint density at radius 1 is 1.42 bits per heavy atom. The summed E-state index contributed by atoms with van der Waals surface area (Å²) in [4.78, 5) is 16.2. The minimum absolute atomic E-state index is 0.0518. The summed E-state index contributed by atoms with van der Waals surface area (Å²) in [6, 6.07) is 3.63. The zero-order chi connectivity index (χ0) is 14.1. The van der Waals surface area contributed by atoms with E-state index in [1.165, 1.54) is 0 Å². The van der Waals surface area contributed by atoms with Crippen LogP contribution < -0.4 is 10.6 Å². The lowest BCUT2D eigenvalue weighted by Gasteiger charge is -2.17. The smallest absolute Gasteiger partial charge is 0.253 e. The molecule has 5 heteroatoms. The Balaban J connectivity index is 2.60. The molecule has 0 saturated carbocycles. The first-order valence-electron chi connectivity index (χ1n) is 6.71. The monoisotopic (exact) mass is 265 g/mol. The first-order valence-corrected chi connectivity index (χ1v) is 6.71. The Kier molecular flexibility index (Phi) is 6.89. The van der Waals surface area contributed by atoms with Gasteiger partial charge in [-0.05, 0) is 25.5 Å². The topological polar surface area (TPSA) is 63.2 Å². The van der Waals surface area contributed by atoms with Gasteiger partial charge in [-0.25, -0.2) is 4.98 Å². The van der Waals surface area contributed by atoms with Gasteiger partial charge in [-0.3, -0.25) is 4.79 Å². The molecule has 0 spiro atoms. The molecule has 0 aliphatic heterocycles. The predicted octanol–water partition coefficient (Wildman–Crippen LogP) is 2.06. The average molecular weight is 265 g/mol. The van der Waals surface area contributed by atoms with Gasteiger partial charge in [-0.1, -0.05) is 13.3 Å². The van der Waals surface area contributed by atoms with Crippen LogP contribution in [0.5, 0.6) is 0 Å². The number of nitrogens with zero attached hydrogens (tertiary/aromatic N) is 1. The first kappa shape index (κ1) is 15.4. The van der Waals surface area contributed by atoms with Crippen molar-refractivity contribution in [3.63, 3.8) is 0 Å².